The Labute approximate surface area is 111 Å². The topological polar surface area (TPSA) is 46.3 Å². The molecule has 3 heterocycles. The summed E-state index contributed by atoms with van der Waals surface area (Å²) in [5.74, 6) is 1.56. The molecule has 0 aromatic carbocycles. The molecule has 1 aliphatic heterocycles. The van der Waals surface area contributed by atoms with Crippen LogP contribution in [0.1, 0.15) is 31.4 Å². The number of hydrogen-bond donors (Lipinski definition) is 0. The van der Waals surface area contributed by atoms with Gasteiger partial charge < -0.3 is 4.90 Å². The molecule has 2 aromatic rings. The van der Waals surface area contributed by atoms with Crippen molar-refractivity contribution in [3.8, 4) is 0 Å². The molecule has 1 aliphatic rings. The fraction of sp³-hybridized carbons (Fsp3) is 0.583. The average molecular weight is 266 g/mol. The van der Waals surface area contributed by atoms with E-state index in [4.69, 9.17) is 11.6 Å². The first kappa shape index (κ1) is 11.7. The van der Waals surface area contributed by atoms with Gasteiger partial charge in [0.05, 0.1) is 5.69 Å². The fourth-order valence-electron chi connectivity index (χ4n) is 2.47. The van der Waals surface area contributed by atoms with Gasteiger partial charge in [-0.3, -0.25) is 0 Å². The number of aryl methyl sites for hydroxylation is 1. The van der Waals surface area contributed by atoms with Gasteiger partial charge in [0.25, 0.3) is 5.78 Å². The second kappa shape index (κ2) is 4.72. The van der Waals surface area contributed by atoms with Crippen LogP contribution in [0.25, 0.3) is 5.78 Å². The molecular weight excluding hydrogens is 250 g/mol. The maximum atomic E-state index is 6.42. The summed E-state index contributed by atoms with van der Waals surface area (Å²) in [5.41, 5.74) is 0.816. The Morgan fingerprint density at radius 1 is 1.17 bits per heavy atom. The molecule has 5 nitrogen and oxygen atoms in total. The molecule has 1 fully saturated rings. The number of anilines is 1. The molecule has 6 heteroatoms. The van der Waals surface area contributed by atoms with E-state index < -0.39 is 0 Å². The molecule has 0 aliphatic carbocycles. The summed E-state index contributed by atoms with van der Waals surface area (Å²) in [6.07, 6.45) is 6.51. The van der Waals surface area contributed by atoms with Gasteiger partial charge in [-0.15, -0.1) is 0 Å². The summed E-state index contributed by atoms with van der Waals surface area (Å²) < 4.78 is 1.75. The Morgan fingerprint density at radius 2 is 1.89 bits per heavy atom. The number of halogens is 1. The fourth-order valence-corrected chi connectivity index (χ4v) is 2.71. The molecule has 2 aromatic heterocycles. The maximum Gasteiger partial charge on any atom is 0.254 e. The predicted molar refractivity (Wildman–Crippen MR) is 71.2 cm³/mol. The van der Waals surface area contributed by atoms with Gasteiger partial charge in [0.15, 0.2) is 5.82 Å². The van der Waals surface area contributed by atoms with E-state index in [2.05, 4.69) is 20.0 Å². The normalized spacial score (nSPS) is 17.1. The van der Waals surface area contributed by atoms with Crippen molar-refractivity contribution in [2.45, 2.75) is 32.6 Å². The van der Waals surface area contributed by atoms with E-state index in [-0.39, 0.29) is 0 Å². The molecule has 0 spiro atoms. The highest BCUT2D eigenvalue weighted by atomic mass is 35.5. The molecule has 0 N–H and O–H groups in total. The van der Waals surface area contributed by atoms with Crippen molar-refractivity contribution in [3.05, 3.63) is 17.0 Å². The van der Waals surface area contributed by atoms with Crippen LogP contribution in [0, 0.1) is 6.92 Å². The minimum atomic E-state index is 0.621. The molecular formula is C12H16ClN5. The molecule has 0 bridgehead atoms. The van der Waals surface area contributed by atoms with Crippen LogP contribution in [0.5, 0.6) is 0 Å². The van der Waals surface area contributed by atoms with E-state index in [1.54, 1.807) is 4.52 Å². The van der Waals surface area contributed by atoms with Crippen molar-refractivity contribution in [1.82, 2.24) is 19.6 Å². The highest BCUT2D eigenvalue weighted by Crippen LogP contribution is 2.29. The smallest absolute Gasteiger partial charge is 0.254 e. The highest BCUT2D eigenvalue weighted by Gasteiger charge is 2.19. The van der Waals surface area contributed by atoms with Crippen LogP contribution in [-0.2, 0) is 0 Å². The predicted octanol–water partition coefficient (Wildman–Crippen LogP) is 2.47. The maximum absolute atomic E-state index is 6.42. The Morgan fingerprint density at radius 3 is 2.61 bits per heavy atom. The van der Waals surface area contributed by atoms with Crippen molar-refractivity contribution in [2.75, 3.05) is 18.0 Å². The zero-order chi connectivity index (χ0) is 12.5. The van der Waals surface area contributed by atoms with E-state index in [1.807, 2.05) is 6.92 Å². The molecule has 0 unspecified atom stereocenters. The SMILES string of the molecule is Cc1nc2ncnn2c(N2CCCCCC2)c1Cl. The number of aromatic nitrogens is 4. The van der Waals surface area contributed by atoms with E-state index in [0.717, 1.165) is 24.6 Å². The van der Waals surface area contributed by atoms with Gasteiger partial charge in [0, 0.05) is 13.1 Å². The number of rotatable bonds is 1. The lowest BCUT2D eigenvalue weighted by Gasteiger charge is -2.24. The van der Waals surface area contributed by atoms with E-state index in [1.165, 1.54) is 32.0 Å². The van der Waals surface area contributed by atoms with Crippen LogP contribution in [0.15, 0.2) is 6.33 Å². The molecule has 0 radical (unpaired) electrons. The summed E-state index contributed by atoms with van der Waals surface area (Å²) in [6.45, 7) is 3.97. The Kier molecular flexibility index (Phi) is 3.07. The zero-order valence-corrected chi connectivity index (χ0v) is 11.2. The first-order valence-electron chi connectivity index (χ1n) is 6.38. The summed E-state index contributed by atoms with van der Waals surface area (Å²) in [6, 6.07) is 0. The van der Waals surface area contributed by atoms with E-state index in [9.17, 15) is 0 Å². The lowest BCUT2D eigenvalue weighted by molar-refractivity contribution is 0.726. The van der Waals surface area contributed by atoms with Crippen molar-refractivity contribution in [1.29, 1.82) is 0 Å². The Bertz CT molecular complexity index is 557. The molecule has 1 saturated heterocycles. The summed E-state index contributed by atoms with van der Waals surface area (Å²) in [4.78, 5) is 10.8. The second-order valence-corrected chi connectivity index (χ2v) is 5.09. The van der Waals surface area contributed by atoms with Gasteiger partial charge in [0.1, 0.15) is 11.3 Å². The third-order valence-corrected chi connectivity index (χ3v) is 3.86. The number of fused-ring (bicyclic) bond motifs is 1. The Balaban J connectivity index is 2.13. The largest absolute Gasteiger partial charge is 0.355 e. The third kappa shape index (κ3) is 1.92. The van der Waals surface area contributed by atoms with Crippen LogP contribution in [0.4, 0.5) is 5.82 Å². The molecule has 3 rings (SSSR count). The minimum Gasteiger partial charge on any atom is -0.355 e. The average Bonchev–Trinajstić information content (AvgIpc) is 2.64. The molecule has 0 saturated carbocycles. The summed E-state index contributed by atoms with van der Waals surface area (Å²) in [7, 11) is 0. The summed E-state index contributed by atoms with van der Waals surface area (Å²) in [5, 5.41) is 4.93. The van der Waals surface area contributed by atoms with Crippen molar-refractivity contribution < 1.29 is 0 Å². The minimum absolute atomic E-state index is 0.621. The first-order chi connectivity index (χ1) is 8.77. The highest BCUT2D eigenvalue weighted by molar-refractivity contribution is 6.33. The first-order valence-corrected chi connectivity index (χ1v) is 6.76. The van der Waals surface area contributed by atoms with Gasteiger partial charge in [-0.05, 0) is 19.8 Å². The standard InChI is InChI=1S/C12H16ClN5/c1-9-10(13)11(17-6-4-2-3-5-7-17)18-12(16-9)14-8-15-18/h8H,2-7H2,1H3. The zero-order valence-electron chi connectivity index (χ0n) is 10.4. The Hall–Kier alpha value is -1.36. The van der Waals surface area contributed by atoms with Crippen molar-refractivity contribution in [2.24, 2.45) is 0 Å². The van der Waals surface area contributed by atoms with Crippen LogP contribution >= 0.6 is 11.6 Å². The quantitative estimate of drug-likeness (QED) is 0.795. The molecule has 0 amide bonds. The van der Waals surface area contributed by atoms with Crippen molar-refractivity contribution >= 4 is 23.2 Å². The number of nitrogens with zero attached hydrogens (tertiary/aromatic N) is 5. The molecule has 96 valence electrons. The van der Waals surface area contributed by atoms with E-state index in [0.29, 0.717) is 10.8 Å². The van der Waals surface area contributed by atoms with Gasteiger partial charge in [0.2, 0.25) is 0 Å². The third-order valence-electron chi connectivity index (χ3n) is 3.42. The van der Waals surface area contributed by atoms with E-state index >= 15 is 0 Å². The van der Waals surface area contributed by atoms with Gasteiger partial charge in [-0.25, -0.2) is 4.98 Å². The monoisotopic (exact) mass is 265 g/mol. The van der Waals surface area contributed by atoms with Gasteiger partial charge >= 0.3 is 0 Å². The summed E-state index contributed by atoms with van der Waals surface area (Å²) >= 11 is 6.42. The molecule has 0 atom stereocenters. The van der Waals surface area contributed by atoms with Crippen molar-refractivity contribution in [3.63, 3.8) is 0 Å². The van der Waals surface area contributed by atoms with Crippen LogP contribution in [0.3, 0.4) is 0 Å². The van der Waals surface area contributed by atoms with Gasteiger partial charge in [-0.1, -0.05) is 24.4 Å². The second-order valence-electron chi connectivity index (χ2n) is 4.71. The lowest BCUT2D eigenvalue weighted by atomic mass is 10.2. The van der Waals surface area contributed by atoms with Crippen LogP contribution < -0.4 is 4.90 Å². The molecule has 18 heavy (non-hydrogen) atoms. The number of hydrogen-bond acceptors (Lipinski definition) is 4. The van der Waals surface area contributed by atoms with Crippen LogP contribution in [0.2, 0.25) is 5.02 Å². The van der Waals surface area contributed by atoms with Crippen LogP contribution in [-0.4, -0.2) is 32.7 Å². The van der Waals surface area contributed by atoms with Gasteiger partial charge in [-0.2, -0.15) is 14.6 Å². The lowest BCUT2D eigenvalue weighted by Crippen LogP contribution is -2.27.